The van der Waals surface area contributed by atoms with Gasteiger partial charge in [-0.1, -0.05) is 44.0 Å². The number of aliphatic hydroxyl groups is 1. The van der Waals surface area contributed by atoms with Gasteiger partial charge in [-0.25, -0.2) is 0 Å². The highest BCUT2D eigenvalue weighted by molar-refractivity contribution is 5.78. The highest BCUT2D eigenvalue weighted by atomic mass is 16.3. The molecule has 2 atom stereocenters. The second kappa shape index (κ2) is 5.53. The highest BCUT2D eigenvalue weighted by Crippen LogP contribution is 2.32. The Morgan fingerprint density at radius 1 is 1.15 bits per heavy atom. The quantitative estimate of drug-likeness (QED) is 0.832. The molecule has 20 heavy (non-hydrogen) atoms. The zero-order valence-corrected chi connectivity index (χ0v) is 12.2. The third-order valence-electron chi connectivity index (χ3n) is 4.61. The lowest BCUT2D eigenvalue weighted by Crippen LogP contribution is -2.31. The summed E-state index contributed by atoms with van der Waals surface area (Å²) in [7, 11) is 0. The number of para-hydroxylation sites is 1. The van der Waals surface area contributed by atoms with Crippen molar-refractivity contribution in [3.8, 4) is 0 Å². The normalized spacial score (nSPS) is 27.4. The van der Waals surface area contributed by atoms with Crippen molar-refractivity contribution >= 4 is 10.9 Å². The van der Waals surface area contributed by atoms with Crippen LogP contribution in [0.3, 0.4) is 0 Å². The molecule has 0 aliphatic heterocycles. The van der Waals surface area contributed by atoms with E-state index in [-0.39, 0.29) is 0 Å². The third-order valence-corrected chi connectivity index (χ3v) is 4.61. The van der Waals surface area contributed by atoms with Crippen molar-refractivity contribution in [1.29, 1.82) is 0 Å². The van der Waals surface area contributed by atoms with E-state index < -0.39 is 5.60 Å². The van der Waals surface area contributed by atoms with Crippen LogP contribution in [0.1, 0.15) is 44.7 Å². The summed E-state index contributed by atoms with van der Waals surface area (Å²) in [5.41, 5.74) is 1.48. The molecule has 3 rings (SSSR count). The van der Waals surface area contributed by atoms with Gasteiger partial charge < -0.3 is 5.11 Å². The zero-order chi connectivity index (χ0) is 14.0. The smallest absolute Gasteiger partial charge is 0.0705 e. The van der Waals surface area contributed by atoms with Gasteiger partial charge in [0.25, 0.3) is 0 Å². The Bertz CT molecular complexity index is 595. The van der Waals surface area contributed by atoms with Crippen LogP contribution >= 0.6 is 0 Å². The Morgan fingerprint density at radius 3 is 2.90 bits per heavy atom. The minimum atomic E-state index is -0.555. The molecule has 0 spiro atoms. The number of hydrogen-bond acceptors (Lipinski definition) is 2. The molecule has 0 saturated heterocycles. The zero-order valence-electron chi connectivity index (χ0n) is 12.2. The Labute approximate surface area is 120 Å². The van der Waals surface area contributed by atoms with E-state index in [9.17, 15) is 5.11 Å². The van der Waals surface area contributed by atoms with Crippen molar-refractivity contribution in [3.63, 3.8) is 0 Å². The first-order valence-electron chi connectivity index (χ1n) is 7.72. The van der Waals surface area contributed by atoms with E-state index in [1.165, 1.54) is 6.42 Å². The minimum absolute atomic E-state index is 0.555. The van der Waals surface area contributed by atoms with Gasteiger partial charge in [0.15, 0.2) is 0 Å². The molecule has 1 fully saturated rings. The van der Waals surface area contributed by atoms with Crippen LogP contribution in [0, 0.1) is 5.92 Å². The monoisotopic (exact) mass is 269 g/mol. The summed E-state index contributed by atoms with van der Waals surface area (Å²) < 4.78 is 0. The first kappa shape index (κ1) is 13.6. The number of benzene rings is 1. The lowest BCUT2D eigenvalue weighted by Gasteiger charge is -2.26. The lowest BCUT2D eigenvalue weighted by molar-refractivity contribution is 0.0235. The van der Waals surface area contributed by atoms with E-state index in [0.29, 0.717) is 6.42 Å². The molecule has 2 unspecified atom stereocenters. The van der Waals surface area contributed by atoms with Gasteiger partial charge >= 0.3 is 0 Å². The maximum absolute atomic E-state index is 10.9. The average Bonchev–Trinajstić information content (AvgIpc) is 2.61. The number of rotatable bonds is 2. The summed E-state index contributed by atoms with van der Waals surface area (Å²) in [5, 5.41) is 12.0. The fourth-order valence-corrected chi connectivity index (χ4v) is 3.28. The standard InChI is InChI=1S/C18H23NO/c1-14-5-4-11-18(20,12-10-14)13-16-9-8-15-6-2-3-7-17(15)19-16/h2-3,6-9,14,20H,4-5,10-13H2,1H3. The topological polar surface area (TPSA) is 33.1 Å². The summed E-state index contributed by atoms with van der Waals surface area (Å²) in [6.45, 7) is 2.29. The SMILES string of the molecule is CC1CCCC(O)(Cc2ccc3ccccc3n2)CC1. The Hall–Kier alpha value is -1.41. The molecule has 2 heteroatoms. The van der Waals surface area contributed by atoms with Crippen LogP contribution < -0.4 is 0 Å². The van der Waals surface area contributed by atoms with Crippen LogP contribution in [-0.4, -0.2) is 15.7 Å². The molecule has 1 aliphatic carbocycles. The molecular formula is C18H23NO. The molecule has 1 heterocycles. The summed E-state index contributed by atoms with van der Waals surface area (Å²) in [4.78, 5) is 4.70. The van der Waals surface area contributed by atoms with Gasteiger partial charge in [-0.05, 0) is 37.3 Å². The van der Waals surface area contributed by atoms with Gasteiger partial charge in [0.2, 0.25) is 0 Å². The predicted molar refractivity (Wildman–Crippen MR) is 82.6 cm³/mol. The summed E-state index contributed by atoms with van der Waals surface area (Å²) in [5.74, 6) is 0.744. The number of fused-ring (bicyclic) bond motifs is 1. The molecule has 0 bridgehead atoms. The van der Waals surface area contributed by atoms with Crippen LogP contribution in [0.5, 0.6) is 0 Å². The second-order valence-corrected chi connectivity index (χ2v) is 6.43. The van der Waals surface area contributed by atoms with Gasteiger partial charge in [-0.15, -0.1) is 0 Å². The van der Waals surface area contributed by atoms with Gasteiger partial charge in [0.05, 0.1) is 11.1 Å². The van der Waals surface area contributed by atoms with Crippen molar-refractivity contribution in [1.82, 2.24) is 4.98 Å². The summed E-state index contributed by atoms with van der Waals surface area (Å²) in [6, 6.07) is 12.3. The van der Waals surface area contributed by atoms with Crippen molar-refractivity contribution < 1.29 is 5.11 Å². The largest absolute Gasteiger partial charge is 0.389 e. The van der Waals surface area contributed by atoms with Crippen LogP contribution in [0.4, 0.5) is 0 Å². The molecule has 2 aromatic rings. The number of hydrogen-bond donors (Lipinski definition) is 1. The fourth-order valence-electron chi connectivity index (χ4n) is 3.28. The van der Waals surface area contributed by atoms with Crippen LogP contribution in [0.2, 0.25) is 0 Å². The summed E-state index contributed by atoms with van der Waals surface area (Å²) >= 11 is 0. The van der Waals surface area contributed by atoms with E-state index in [1.807, 2.05) is 18.2 Å². The van der Waals surface area contributed by atoms with Gasteiger partial charge in [0.1, 0.15) is 0 Å². The van der Waals surface area contributed by atoms with Crippen molar-refractivity contribution in [2.24, 2.45) is 5.92 Å². The number of aromatic nitrogens is 1. The molecule has 0 amide bonds. The molecule has 0 radical (unpaired) electrons. The molecule has 2 nitrogen and oxygen atoms in total. The first-order chi connectivity index (χ1) is 9.65. The van der Waals surface area contributed by atoms with Gasteiger partial charge in [-0.3, -0.25) is 4.98 Å². The molecule has 1 aromatic carbocycles. The summed E-state index contributed by atoms with van der Waals surface area (Å²) in [6.07, 6.45) is 6.00. The van der Waals surface area contributed by atoms with Crippen LogP contribution in [-0.2, 0) is 6.42 Å². The Balaban J connectivity index is 1.81. The van der Waals surface area contributed by atoms with Crippen molar-refractivity contribution in [2.45, 2.75) is 51.0 Å². The Kier molecular flexibility index (Phi) is 3.75. The van der Waals surface area contributed by atoms with E-state index in [2.05, 4.69) is 25.1 Å². The second-order valence-electron chi connectivity index (χ2n) is 6.43. The predicted octanol–water partition coefficient (Wildman–Crippen LogP) is 4.11. The fraction of sp³-hybridized carbons (Fsp3) is 0.500. The highest BCUT2D eigenvalue weighted by Gasteiger charge is 2.30. The molecular weight excluding hydrogens is 246 g/mol. The molecule has 1 saturated carbocycles. The molecule has 106 valence electrons. The van der Waals surface area contributed by atoms with Crippen LogP contribution in [0.15, 0.2) is 36.4 Å². The van der Waals surface area contributed by atoms with Crippen molar-refractivity contribution in [2.75, 3.05) is 0 Å². The third kappa shape index (κ3) is 3.01. The van der Waals surface area contributed by atoms with E-state index in [0.717, 1.165) is 48.2 Å². The molecule has 1 aliphatic rings. The van der Waals surface area contributed by atoms with E-state index in [4.69, 9.17) is 4.98 Å². The maximum atomic E-state index is 10.9. The lowest BCUT2D eigenvalue weighted by atomic mass is 9.89. The van der Waals surface area contributed by atoms with Crippen molar-refractivity contribution in [3.05, 3.63) is 42.1 Å². The maximum Gasteiger partial charge on any atom is 0.0705 e. The van der Waals surface area contributed by atoms with Crippen LogP contribution in [0.25, 0.3) is 10.9 Å². The minimum Gasteiger partial charge on any atom is -0.389 e. The average molecular weight is 269 g/mol. The molecule has 1 N–H and O–H groups in total. The number of nitrogens with zero attached hydrogens (tertiary/aromatic N) is 1. The molecule has 1 aromatic heterocycles. The number of pyridine rings is 1. The van der Waals surface area contributed by atoms with E-state index in [1.54, 1.807) is 0 Å². The van der Waals surface area contributed by atoms with Gasteiger partial charge in [0, 0.05) is 17.5 Å². The Morgan fingerprint density at radius 2 is 2.00 bits per heavy atom. The van der Waals surface area contributed by atoms with Gasteiger partial charge in [-0.2, -0.15) is 0 Å². The first-order valence-corrected chi connectivity index (χ1v) is 7.72. The van der Waals surface area contributed by atoms with E-state index >= 15 is 0 Å².